The molecule has 0 radical (unpaired) electrons. The molecule has 2 aromatic carbocycles. The zero-order valence-corrected chi connectivity index (χ0v) is 16.2. The largest absolute Gasteiger partial charge is 0.438 e. The van der Waals surface area contributed by atoms with E-state index >= 15 is 0 Å². The molecule has 2 heterocycles. The molecule has 0 bridgehead atoms. The SMILES string of the molecule is Cc1ccc(Oc2ccc(NC(=O)Nc3cc(-c4cccc(F)c4F)[nH]n3)cc2)nn1. The number of hydrogen-bond donors (Lipinski definition) is 3. The van der Waals surface area contributed by atoms with Crippen LogP contribution in [-0.4, -0.2) is 26.4 Å². The number of aromatic nitrogens is 4. The molecule has 8 nitrogen and oxygen atoms in total. The number of nitrogens with zero attached hydrogens (tertiary/aromatic N) is 3. The van der Waals surface area contributed by atoms with Crippen LogP contribution in [0.1, 0.15) is 5.69 Å². The molecule has 0 aliphatic heterocycles. The first-order valence-corrected chi connectivity index (χ1v) is 9.14. The number of amides is 2. The highest BCUT2D eigenvalue weighted by atomic mass is 19.2. The van der Waals surface area contributed by atoms with Crippen LogP contribution in [0.25, 0.3) is 11.3 Å². The first-order valence-electron chi connectivity index (χ1n) is 9.14. The van der Waals surface area contributed by atoms with Crippen molar-refractivity contribution in [2.75, 3.05) is 10.6 Å². The van der Waals surface area contributed by atoms with Crippen molar-refractivity contribution in [1.29, 1.82) is 0 Å². The summed E-state index contributed by atoms with van der Waals surface area (Å²) in [6.45, 7) is 1.83. The molecule has 0 saturated heterocycles. The van der Waals surface area contributed by atoms with Crippen LogP contribution < -0.4 is 15.4 Å². The van der Waals surface area contributed by atoms with Crippen LogP contribution in [0.2, 0.25) is 0 Å². The fraction of sp³-hybridized carbons (Fsp3) is 0.0476. The lowest BCUT2D eigenvalue weighted by molar-refractivity contribution is 0.262. The van der Waals surface area contributed by atoms with Gasteiger partial charge in [-0.3, -0.25) is 10.4 Å². The van der Waals surface area contributed by atoms with Crippen molar-refractivity contribution >= 4 is 17.5 Å². The van der Waals surface area contributed by atoms with E-state index in [0.29, 0.717) is 17.3 Å². The highest BCUT2D eigenvalue weighted by Gasteiger charge is 2.13. The van der Waals surface area contributed by atoms with Crippen molar-refractivity contribution in [2.24, 2.45) is 0 Å². The van der Waals surface area contributed by atoms with E-state index in [1.165, 1.54) is 18.2 Å². The van der Waals surface area contributed by atoms with Gasteiger partial charge in [-0.1, -0.05) is 6.07 Å². The molecule has 2 amide bonds. The summed E-state index contributed by atoms with van der Waals surface area (Å²) in [7, 11) is 0. The molecule has 0 aliphatic carbocycles. The number of carbonyl (C=O) groups excluding carboxylic acids is 1. The predicted octanol–water partition coefficient (Wildman–Crippen LogP) is 4.89. The minimum absolute atomic E-state index is 0.00909. The van der Waals surface area contributed by atoms with E-state index < -0.39 is 17.7 Å². The monoisotopic (exact) mass is 422 g/mol. The third-order valence-electron chi connectivity index (χ3n) is 4.17. The van der Waals surface area contributed by atoms with Crippen LogP contribution in [-0.2, 0) is 0 Å². The second kappa shape index (κ2) is 8.57. The summed E-state index contributed by atoms with van der Waals surface area (Å²) >= 11 is 0. The Labute approximate surface area is 175 Å². The summed E-state index contributed by atoms with van der Waals surface area (Å²) in [6, 6.07) is 14.8. The van der Waals surface area contributed by atoms with Gasteiger partial charge in [0.2, 0.25) is 5.88 Å². The topological polar surface area (TPSA) is 105 Å². The number of rotatable bonds is 5. The first-order chi connectivity index (χ1) is 15.0. The van der Waals surface area contributed by atoms with Gasteiger partial charge >= 0.3 is 6.03 Å². The maximum atomic E-state index is 13.9. The molecule has 2 aromatic heterocycles. The quantitative estimate of drug-likeness (QED) is 0.425. The third kappa shape index (κ3) is 4.81. The lowest BCUT2D eigenvalue weighted by Gasteiger charge is -2.07. The maximum Gasteiger partial charge on any atom is 0.324 e. The number of ether oxygens (including phenoxy) is 1. The lowest BCUT2D eigenvalue weighted by Crippen LogP contribution is -2.19. The van der Waals surface area contributed by atoms with Gasteiger partial charge in [-0.2, -0.15) is 10.2 Å². The van der Waals surface area contributed by atoms with Crippen molar-refractivity contribution < 1.29 is 18.3 Å². The average molecular weight is 422 g/mol. The van der Waals surface area contributed by atoms with Gasteiger partial charge in [-0.15, -0.1) is 5.10 Å². The smallest absolute Gasteiger partial charge is 0.324 e. The van der Waals surface area contributed by atoms with Gasteiger partial charge in [-0.25, -0.2) is 13.6 Å². The fourth-order valence-electron chi connectivity index (χ4n) is 2.68. The normalized spacial score (nSPS) is 10.5. The van der Waals surface area contributed by atoms with Crippen molar-refractivity contribution in [3.63, 3.8) is 0 Å². The van der Waals surface area contributed by atoms with E-state index in [2.05, 4.69) is 31.0 Å². The second-order valence-electron chi connectivity index (χ2n) is 6.49. The Bertz CT molecular complexity index is 1210. The number of benzene rings is 2. The summed E-state index contributed by atoms with van der Waals surface area (Å²) in [6.07, 6.45) is 0. The molecule has 0 saturated carbocycles. The van der Waals surface area contributed by atoms with Gasteiger partial charge in [0.25, 0.3) is 0 Å². The molecule has 0 aliphatic rings. The fourth-order valence-corrected chi connectivity index (χ4v) is 2.68. The van der Waals surface area contributed by atoms with Gasteiger partial charge in [0.1, 0.15) is 5.75 Å². The molecular formula is C21H16F2N6O2. The molecule has 0 unspecified atom stereocenters. The van der Waals surface area contributed by atoms with Crippen molar-refractivity contribution in [1.82, 2.24) is 20.4 Å². The number of hydrogen-bond acceptors (Lipinski definition) is 5. The Balaban J connectivity index is 1.36. The molecule has 156 valence electrons. The Kier molecular flexibility index (Phi) is 5.52. The van der Waals surface area contributed by atoms with E-state index in [1.807, 2.05) is 6.92 Å². The molecule has 3 N–H and O–H groups in total. The minimum atomic E-state index is -0.999. The third-order valence-corrected chi connectivity index (χ3v) is 4.17. The minimum Gasteiger partial charge on any atom is -0.438 e. The lowest BCUT2D eigenvalue weighted by atomic mass is 10.1. The van der Waals surface area contributed by atoms with Gasteiger partial charge in [0.15, 0.2) is 17.5 Å². The molecular weight excluding hydrogens is 406 g/mol. The summed E-state index contributed by atoms with van der Waals surface area (Å²) in [4.78, 5) is 12.2. The summed E-state index contributed by atoms with van der Waals surface area (Å²) in [5, 5.41) is 19.4. The molecule has 31 heavy (non-hydrogen) atoms. The van der Waals surface area contributed by atoms with Gasteiger partial charge in [-0.05, 0) is 49.4 Å². The van der Waals surface area contributed by atoms with Gasteiger partial charge < -0.3 is 10.1 Å². The van der Waals surface area contributed by atoms with Gasteiger partial charge in [0.05, 0.1) is 11.4 Å². The van der Waals surface area contributed by atoms with Crippen molar-refractivity contribution in [2.45, 2.75) is 6.92 Å². The van der Waals surface area contributed by atoms with E-state index in [9.17, 15) is 13.6 Å². The molecule has 4 aromatic rings. The molecule has 4 rings (SSSR count). The number of anilines is 2. The zero-order chi connectivity index (χ0) is 21.8. The highest BCUT2D eigenvalue weighted by molar-refractivity contribution is 5.99. The summed E-state index contributed by atoms with van der Waals surface area (Å²) in [5.41, 5.74) is 1.53. The zero-order valence-electron chi connectivity index (χ0n) is 16.2. The average Bonchev–Trinajstić information content (AvgIpc) is 3.21. The molecule has 0 spiro atoms. The molecule has 10 heteroatoms. The number of aryl methyl sites for hydroxylation is 1. The summed E-state index contributed by atoms with van der Waals surface area (Å²) in [5.74, 6) is -0.942. The number of carbonyl (C=O) groups is 1. The van der Waals surface area contributed by atoms with E-state index in [-0.39, 0.29) is 17.1 Å². The number of urea groups is 1. The maximum absolute atomic E-state index is 13.9. The predicted molar refractivity (Wildman–Crippen MR) is 110 cm³/mol. The number of nitrogens with one attached hydrogen (secondary N) is 3. The standard InChI is InChI=1S/C21H16F2N6O2/c1-12-5-10-19(29-26-12)31-14-8-6-13(7-9-14)24-21(30)25-18-11-17(27-28-18)15-3-2-4-16(22)20(15)23/h2-11H,1H3,(H3,24,25,27,28,30). The van der Waals surface area contributed by atoms with Crippen molar-refractivity contribution in [3.05, 3.63) is 78.0 Å². The number of aromatic amines is 1. The first kappa shape index (κ1) is 20.0. The molecule has 0 fully saturated rings. The highest BCUT2D eigenvalue weighted by Crippen LogP contribution is 2.25. The van der Waals surface area contributed by atoms with Crippen LogP contribution in [0.15, 0.2) is 60.7 Å². The Morgan fingerprint density at radius 3 is 2.55 bits per heavy atom. The van der Waals surface area contributed by atoms with Crippen LogP contribution in [0, 0.1) is 18.6 Å². The number of H-pyrrole nitrogens is 1. The van der Waals surface area contributed by atoms with E-state index in [4.69, 9.17) is 4.74 Å². The Morgan fingerprint density at radius 1 is 1.00 bits per heavy atom. The summed E-state index contributed by atoms with van der Waals surface area (Å²) < 4.78 is 32.9. The van der Waals surface area contributed by atoms with Crippen LogP contribution in [0.5, 0.6) is 11.6 Å². The molecule has 0 atom stereocenters. The van der Waals surface area contributed by atoms with E-state index in [0.717, 1.165) is 11.8 Å². The van der Waals surface area contributed by atoms with Crippen LogP contribution in [0.3, 0.4) is 0 Å². The van der Waals surface area contributed by atoms with Crippen molar-refractivity contribution in [3.8, 4) is 22.9 Å². The van der Waals surface area contributed by atoms with Crippen LogP contribution >= 0.6 is 0 Å². The van der Waals surface area contributed by atoms with E-state index in [1.54, 1.807) is 36.4 Å². The van der Waals surface area contributed by atoms with Gasteiger partial charge in [0, 0.05) is 23.4 Å². The van der Waals surface area contributed by atoms with Crippen LogP contribution in [0.4, 0.5) is 25.1 Å². The number of halogens is 2. The Morgan fingerprint density at radius 2 is 1.81 bits per heavy atom. The second-order valence-corrected chi connectivity index (χ2v) is 6.49. The Hall–Kier alpha value is -4.34.